The monoisotopic (exact) mass is 277 g/mol. The van der Waals surface area contributed by atoms with Gasteiger partial charge in [0.25, 0.3) is 0 Å². The lowest BCUT2D eigenvalue weighted by atomic mass is 10.1. The summed E-state index contributed by atoms with van der Waals surface area (Å²) in [5.74, 6) is -0.476. The molecule has 0 aliphatic heterocycles. The van der Waals surface area contributed by atoms with E-state index in [1.165, 1.54) is 0 Å². The number of nitrogens with two attached hydrogens (primary N) is 2. The van der Waals surface area contributed by atoms with Crippen LogP contribution in [0.25, 0.3) is 10.8 Å². The highest BCUT2D eigenvalue weighted by Crippen LogP contribution is 2.29. The van der Waals surface area contributed by atoms with Gasteiger partial charge in [-0.3, -0.25) is 4.79 Å². The number of primary amides is 1. The van der Waals surface area contributed by atoms with E-state index in [0.29, 0.717) is 16.9 Å². The van der Waals surface area contributed by atoms with E-state index in [2.05, 4.69) is 5.32 Å². The lowest BCUT2D eigenvalue weighted by Gasteiger charge is -2.12. The van der Waals surface area contributed by atoms with Crippen LogP contribution < -0.4 is 16.8 Å². The van der Waals surface area contributed by atoms with E-state index < -0.39 is 5.91 Å². The molecule has 21 heavy (non-hydrogen) atoms. The number of amides is 1. The van der Waals surface area contributed by atoms with Crippen LogP contribution in [0.15, 0.2) is 60.7 Å². The quantitative estimate of drug-likeness (QED) is 0.643. The number of fused-ring (bicyclic) bond motifs is 1. The lowest BCUT2D eigenvalue weighted by Crippen LogP contribution is -2.11. The van der Waals surface area contributed by atoms with Crippen molar-refractivity contribution in [2.45, 2.75) is 0 Å². The van der Waals surface area contributed by atoms with Gasteiger partial charge in [0, 0.05) is 16.6 Å². The minimum absolute atomic E-state index is 0.423. The predicted molar refractivity (Wildman–Crippen MR) is 86.6 cm³/mol. The molecule has 0 aliphatic carbocycles. The second-order valence-electron chi connectivity index (χ2n) is 4.82. The minimum Gasteiger partial charge on any atom is -0.397 e. The molecule has 104 valence electrons. The second-order valence-corrected chi connectivity index (χ2v) is 4.82. The third-order valence-electron chi connectivity index (χ3n) is 3.40. The van der Waals surface area contributed by atoms with Crippen LogP contribution in [0.2, 0.25) is 0 Å². The van der Waals surface area contributed by atoms with Crippen LogP contribution in [0, 0.1) is 0 Å². The molecule has 0 atom stereocenters. The molecule has 4 heteroatoms. The summed E-state index contributed by atoms with van der Waals surface area (Å²) in [6.45, 7) is 0. The van der Waals surface area contributed by atoms with Gasteiger partial charge in [0.1, 0.15) is 0 Å². The molecule has 0 spiro atoms. The highest BCUT2D eigenvalue weighted by atomic mass is 16.1. The third kappa shape index (κ3) is 2.51. The van der Waals surface area contributed by atoms with Crippen LogP contribution in [-0.2, 0) is 0 Å². The van der Waals surface area contributed by atoms with E-state index >= 15 is 0 Å². The summed E-state index contributed by atoms with van der Waals surface area (Å²) in [6.07, 6.45) is 0. The van der Waals surface area contributed by atoms with Gasteiger partial charge in [-0.15, -0.1) is 0 Å². The first-order valence-corrected chi connectivity index (χ1v) is 6.59. The van der Waals surface area contributed by atoms with Crippen molar-refractivity contribution in [2.75, 3.05) is 11.1 Å². The van der Waals surface area contributed by atoms with E-state index in [0.717, 1.165) is 16.5 Å². The summed E-state index contributed by atoms with van der Waals surface area (Å²) in [7, 11) is 0. The molecule has 3 aromatic rings. The Kier molecular flexibility index (Phi) is 3.20. The van der Waals surface area contributed by atoms with Gasteiger partial charge in [-0.2, -0.15) is 0 Å². The van der Waals surface area contributed by atoms with Gasteiger partial charge < -0.3 is 16.8 Å². The normalized spacial score (nSPS) is 10.5. The maximum atomic E-state index is 11.3. The topological polar surface area (TPSA) is 81.1 Å². The number of benzene rings is 3. The van der Waals surface area contributed by atoms with E-state index in [1.807, 2.05) is 42.5 Å². The number of nitrogen functional groups attached to an aromatic ring is 1. The molecule has 4 nitrogen and oxygen atoms in total. The summed E-state index contributed by atoms with van der Waals surface area (Å²) < 4.78 is 0. The molecule has 0 aliphatic rings. The summed E-state index contributed by atoms with van der Waals surface area (Å²) >= 11 is 0. The van der Waals surface area contributed by atoms with Gasteiger partial charge in [0.2, 0.25) is 5.91 Å². The maximum absolute atomic E-state index is 11.3. The zero-order valence-electron chi connectivity index (χ0n) is 11.3. The standard InChI is InChI=1S/C17H15N3O/c18-14-9-8-12(17(19)21)10-16(14)20-15-7-3-5-11-4-1-2-6-13(11)15/h1-10,20H,18H2,(H2,19,21). The Hall–Kier alpha value is -3.01. The van der Waals surface area contributed by atoms with Crippen molar-refractivity contribution in [3.05, 3.63) is 66.2 Å². The predicted octanol–water partition coefficient (Wildman–Crippen LogP) is 3.26. The molecule has 0 bridgehead atoms. The van der Waals surface area contributed by atoms with Crippen molar-refractivity contribution in [1.29, 1.82) is 0 Å². The third-order valence-corrected chi connectivity index (χ3v) is 3.40. The molecule has 0 saturated heterocycles. The first-order chi connectivity index (χ1) is 10.1. The average molecular weight is 277 g/mol. The Morgan fingerprint density at radius 1 is 0.905 bits per heavy atom. The largest absolute Gasteiger partial charge is 0.397 e. The Labute approximate surface area is 122 Å². The van der Waals surface area contributed by atoms with Crippen LogP contribution in [0.5, 0.6) is 0 Å². The first kappa shape index (κ1) is 13.0. The summed E-state index contributed by atoms with van der Waals surface area (Å²) in [5.41, 5.74) is 13.9. The number of carbonyl (C=O) groups is 1. The second kappa shape index (κ2) is 5.17. The summed E-state index contributed by atoms with van der Waals surface area (Å²) in [4.78, 5) is 11.3. The van der Waals surface area contributed by atoms with Crippen molar-refractivity contribution < 1.29 is 4.79 Å². The summed E-state index contributed by atoms with van der Waals surface area (Å²) in [6, 6.07) is 19.0. The maximum Gasteiger partial charge on any atom is 0.248 e. The zero-order valence-corrected chi connectivity index (χ0v) is 11.3. The number of anilines is 3. The number of nitrogens with one attached hydrogen (secondary N) is 1. The van der Waals surface area contributed by atoms with E-state index in [-0.39, 0.29) is 0 Å². The zero-order chi connectivity index (χ0) is 14.8. The SMILES string of the molecule is NC(=O)c1ccc(N)c(Nc2cccc3ccccc23)c1. The van der Waals surface area contributed by atoms with Crippen LogP contribution in [0.1, 0.15) is 10.4 Å². The molecule has 3 aromatic carbocycles. The van der Waals surface area contributed by atoms with Gasteiger partial charge in [-0.05, 0) is 29.7 Å². The molecule has 0 unspecified atom stereocenters. The smallest absolute Gasteiger partial charge is 0.248 e. The summed E-state index contributed by atoms with van der Waals surface area (Å²) in [5, 5.41) is 5.50. The van der Waals surface area contributed by atoms with Gasteiger partial charge in [-0.1, -0.05) is 36.4 Å². The van der Waals surface area contributed by atoms with Crippen molar-refractivity contribution in [3.63, 3.8) is 0 Å². The number of hydrogen-bond acceptors (Lipinski definition) is 3. The Balaban J connectivity index is 2.06. The highest BCUT2D eigenvalue weighted by molar-refractivity contribution is 5.98. The molecular formula is C17H15N3O. The molecule has 0 aromatic heterocycles. The lowest BCUT2D eigenvalue weighted by molar-refractivity contribution is 0.100. The van der Waals surface area contributed by atoms with Crippen molar-refractivity contribution >= 4 is 33.7 Å². The molecule has 3 rings (SSSR count). The number of carbonyl (C=O) groups excluding carboxylic acids is 1. The minimum atomic E-state index is -0.476. The van der Waals surface area contributed by atoms with Crippen LogP contribution in [0.4, 0.5) is 17.1 Å². The first-order valence-electron chi connectivity index (χ1n) is 6.59. The average Bonchev–Trinajstić information content (AvgIpc) is 2.49. The Bertz CT molecular complexity index is 822. The Morgan fingerprint density at radius 3 is 2.48 bits per heavy atom. The van der Waals surface area contributed by atoms with E-state index in [9.17, 15) is 4.79 Å². The molecular weight excluding hydrogens is 262 g/mol. The van der Waals surface area contributed by atoms with E-state index in [4.69, 9.17) is 11.5 Å². The highest BCUT2D eigenvalue weighted by Gasteiger charge is 2.07. The van der Waals surface area contributed by atoms with Crippen LogP contribution in [0.3, 0.4) is 0 Å². The molecule has 0 radical (unpaired) electrons. The van der Waals surface area contributed by atoms with Crippen molar-refractivity contribution in [3.8, 4) is 0 Å². The van der Waals surface area contributed by atoms with Crippen molar-refractivity contribution in [2.24, 2.45) is 5.73 Å². The fourth-order valence-corrected chi connectivity index (χ4v) is 2.30. The fraction of sp³-hybridized carbons (Fsp3) is 0. The fourth-order valence-electron chi connectivity index (χ4n) is 2.30. The number of rotatable bonds is 3. The van der Waals surface area contributed by atoms with Crippen LogP contribution in [-0.4, -0.2) is 5.91 Å². The molecule has 0 heterocycles. The molecule has 1 amide bonds. The molecule has 5 N–H and O–H groups in total. The van der Waals surface area contributed by atoms with Crippen LogP contribution >= 0.6 is 0 Å². The van der Waals surface area contributed by atoms with E-state index in [1.54, 1.807) is 18.2 Å². The van der Waals surface area contributed by atoms with Crippen molar-refractivity contribution in [1.82, 2.24) is 0 Å². The van der Waals surface area contributed by atoms with Gasteiger partial charge >= 0.3 is 0 Å². The van der Waals surface area contributed by atoms with Gasteiger partial charge in [0.15, 0.2) is 0 Å². The molecule has 0 fully saturated rings. The Morgan fingerprint density at radius 2 is 1.67 bits per heavy atom. The number of hydrogen-bond donors (Lipinski definition) is 3. The van der Waals surface area contributed by atoms with Gasteiger partial charge in [0.05, 0.1) is 11.4 Å². The van der Waals surface area contributed by atoms with Gasteiger partial charge in [-0.25, -0.2) is 0 Å². The molecule has 0 saturated carbocycles.